The van der Waals surface area contributed by atoms with Crippen molar-refractivity contribution < 1.29 is 4.21 Å². The number of aromatic nitrogens is 2. The summed E-state index contributed by atoms with van der Waals surface area (Å²) in [5, 5.41) is 0.850. The lowest BCUT2D eigenvalue weighted by Gasteiger charge is -2.29. The van der Waals surface area contributed by atoms with E-state index in [1.807, 2.05) is 18.2 Å². The summed E-state index contributed by atoms with van der Waals surface area (Å²) in [6.07, 6.45) is 5.79. The third-order valence-corrected chi connectivity index (χ3v) is 6.06. The maximum absolute atomic E-state index is 12.8. The van der Waals surface area contributed by atoms with Gasteiger partial charge in [0.05, 0.1) is 21.8 Å². The van der Waals surface area contributed by atoms with E-state index >= 15 is 0 Å². The SMILES string of the molecule is CCC1CCCCC1S(=O)c1nc2ccc(N)cc2[nH]1. The first kappa shape index (κ1) is 13.6. The molecule has 1 fully saturated rings. The zero-order valence-electron chi connectivity index (χ0n) is 11.8. The number of imidazole rings is 1. The van der Waals surface area contributed by atoms with E-state index in [1.54, 1.807) is 0 Å². The van der Waals surface area contributed by atoms with Crippen molar-refractivity contribution in [1.29, 1.82) is 0 Å². The van der Waals surface area contributed by atoms with E-state index in [0.717, 1.165) is 23.9 Å². The highest BCUT2D eigenvalue weighted by Crippen LogP contribution is 2.32. The molecule has 0 bridgehead atoms. The molecule has 0 saturated heterocycles. The first-order valence-electron chi connectivity index (χ1n) is 7.35. The molecule has 2 aromatic rings. The molecule has 0 amide bonds. The molecule has 3 unspecified atom stereocenters. The molecule has 1 aliphatic carbocycles. The summed E-state index contributed by atoms with van der Waals surface area (Å²) in [6, 6.07) is 5.55. The molecule has 0 spiro atoms. The summed E-state index contributed by atoms with van der Waals surface area (Å²) < 4.78 is 12.8. The average molecular weight is 291 g/mol. The smallest absolute Gasteiger partial charge is 0.197 e. The molecule has 0 radical (unpaired) electrons. The second kappa shape index (κ2) is 5.56. The Bertz CT molecular complexity index is 637. The van der Waals surface area contributed by atoms with E-state index in [9.17, 15) is 4.21 Å². The summed E-state index contributed by atoms with van der Waals surface area (Å²) in [7, 11) is -1.05. The lowest BCUT2D eigenvalue weighted by molar-refractivity contribution is 0.355. The number of anilines is 1. The molecule has 3 rings (SSSR count). The van der Waals surface area contributed by atoms with E-state index in [1.165, 1.54) is 19.3 Å². The van der Waals surface area contributed by atoms with Gasteiger partial charge in [0.2, 0.25) is 0 Å². The Morgan fingerprint density at radius 1 is 1.40 bits per heavy atom. The second-order valence-electron chi connectivity index (χ2n) is 5.61. The maximum Gasteiger partial charge on any atom is 0.197 e. The Morgan fingerprint density at radius 3 is 3.00 bits per heavy atom. The van der Waals surface area contributed by atoms with Crippen LogP contribution in [0.4, 0.5) is 5.69 Å². The van der Waals surface area contributed by atoms with Crippen LogP contribution in [0.25, 0.3) is 11.0 Å². The van der Waals surface area contributed by atoms with Crippen LogP contribution in [0.15, 0.2) is 23.4 Å². The molecular formula is C15H21N3OS. The van der Waals surface area contributed by atoms with Crippen molar-refractivity contribution in [3.63, 3.8) is 0 Å². The standard InChI is InChI=1S/C15H21N3OS/c1-2-10-5-3-4-6-14(10)20(19)15-17-12-8-7-11(16)9-13(12)18-15/h7-10,14H,2-6,16H2,1H3,(H,17,18). The Balaban J connectivity index is 1.91. The fourth-order valence-corrected chi connectivity index (χ4v) is 4.91. The number of nitrogens with one attached hydrogen (secondary N) is 1. The molecule has 5 heteroatoms. The van der Waals surface area contributed by atoms with Gasteiger partial charge in [-0.1, -0.05) is 26.2 Å². The highest BCUT2D eigenvalue weighted by atomic mass is 32.2. The van der Waals surface area contributed by atoms with Crippen molar-refractivity contribution in [3.8, 4) is 0 Å². The van der Waals surface area contributed by atoms with Crippen LogP contribution in [0.1, 0.15) is 39.0 Å². The van der Waals surface area contributed by atoms with Crippen LogP contribution in [0.2, 0.25) is 0 Å². The fraction of sp³-hybridized carbons (Fsp3) is 0.533. The van der Waals surface area contributed by atoms with Crippen LogP contribution in [-0.2, 0) is 10.8 Å². The van der Waals surface area contributed by atoms with Gasteiger partial charge < -0.3 is 10.7 Å². The van der Waals surface area contributed by atoms with Crippen LogP contribution >= 0.6 is 0 Å². The lowest BCUT2D eigenvalue weighted by atomic mass is 9.87. The third kappa shape index (κ3) is 2.46. The Morgan fingerprint density at radius 2 is 2.20 bits per heavy atom. The first-order valence-corrected chi connectivity index (χ1v) is 8.56. The number of rotatable bonds is 3. The Hall–Kier alpha value is -1.36. The summed E-state index contributed by atoms with van der Waals surface area (Å²) in [4.78, 5) is 7.67. The number of hydrogen-bond donors (Lipinski definition) is 2. The first-order chi connectivity index (χ1) is 9.69. The maximum atomic E-state index is 12.8. The largest absolute Gasteiger partial charge is 0.399 e. The molecule has 108 valence electrons. The minimum Gasteiger partial charge on any atom is -0.399 e. The van der Waals surface area contributed by atoms with E-state index in [4.69, 9.17) is 5.73 Å². The average Bonchev–Trinajstić information content (AvgIpc) is 2.89. The topological polar surface area (TPSA) is 71.8 Å². The van der Waals surface area contributed by atoms with E-state index in [-0.39, 0.29) is 5.25 Å². The number of nitrogen functional groups attached to an aromatic ring is 1. The molecule has 4 nitrogen and oxygen atoms in total. The molecule has 1 aliphatic rings. The molecule has 1 saturated carbocycles. The molecule has 3 atom stereocenters. The van der Waals surface area contributed by atoms with Crippen molar-refractivity contribution in [2.75, 3.05) is 5.73 Å². The molecule has 1 aromatic heterocycles. The molecule has 3 N–H and O–H groups in total. The van der Waals surface area contributed by atoms with E-state index in [2.05, 4.69) is 16.9 Å². The van der Waals surface area contributed by atoms with Gasteiger partial charge in [0.1, 0.15) is 0 Å². The summed E-state index contributed by atoms with van der Waals surface area (Å²) in [5.41, 5.74) is 8.18. The molecule has 20 heavy (non-hydrogen) atoms. The van der Waals surface area contributed by atoms with Crippen molar-refractivity contribution in [1.82, 2.24) is 9.97 Å². The van der Waals surface area contributed by atoms with Gasteiger partial charge in [-0.15, -0.1) is 0 Å². The monoisotopic (exact) mass is 291 g/mol. The minimum atomic E-state index is -1.05. The summed E-state index contributed by atoms with van der Waals surface area (Å²) in [6.45, 7) is 2.19. The van der Waals surface area contributed by atoms with Crippen LogP contribution in [-0.4, -0.2) is 19.4 Å². The van der Waals surface area contributed by atoms with Gasteiger partial charge in [-0.25, -0.2) is 4.98 Å². The van der Waals surface area contributed by atoms with Crippen LogP contribution < -0.4 is 5.73 Å². The summed E-state index contributed by atoms with van der Waals surface area (Å²) >= 11 is 0. The molecule has 0 aliphatic heterocycles. The number of fused-ring (bicyclic) bond motifs is 1. The zero-order chi connectivity index (χ0) is 14.1. The number of aromatic amines is 1. The van der Waals surface area contributed by atoms with E-state index < -0.39 is 10.8 Å². The number of H-pyrrole nitrogens is 1. The van der Waals surface area contributed by atoms with Gasteiger partial charge in [-0.05, 0) is 37.0 Å². The van der Waals surface area contributed by atoms with Gasteiger partial charge in [-0.2, -0.15) is 0 Å². The van der Waals surface area contributed by atoms with Crippen molar-refractivity contribution in [2.24, 2.45) is 5.92 Å². The quantitative estimate of drug-likeness (QED) is 0.853. The molecular weight excluding hydrogens is 270 g/mol. The normalized spacial score (nSPS) is 24.9. The van der Waals surface area contributed by atoms with Crippen molar-refractivity contribution in [2.45, 2.75) is 49.4 Å². The van der Waals surface area contributed by atoms with Gasteiger partial charge in [0.25, 0.3) is 0 Å². The number of nitrogens with zero attached hydrogens (tertiary/aromatic N) is 1. The Kier molecular flexibility index (Phi) is 3.78. The van der Waals surface area contributed by atoms with Crippen LogP contribution in [0, 0.1) is 5.92 Å². The van der Waals surface area contributed by atoms with Gasteiger partial charge in [0.15, 0.2) is 5.16 Å². The molecule has 1 heterocycles. The van der Waals surface area contributed by atoms with Crippen molar-refractivity contribution in [3.05, 3.63) is 18.2 Å². The Labute approximate surface area is 121 Å². The van der Waals surface area contributed by atoms with Crippen LogP contribution in [0.3, 0.4) is 0 Å². The fourth-order valence-electron chi connectivity index (χ4n) is 3.16. The minimum absolute atomic E-state index is 0.242. The lowest BCUT2D eigenvalue weighted by Crippen LogP contribution is -2.29. The van der Waals surface area contributed by atoms with E-state index in [0.29, 0.717) is 16.8 Å². The second-order valence-corrected chi connectivity index (χ2v) is 7.19. The predicted octanol–water partition coefficient (Wildman–Crippen LogP) is 3.22. The molecule has 1 aromatic carbocycles. The van der Waals surface area contributed by atoms with Gasteiger partial charge >= 0.3 is 0 Å². The number of nitrogens with two attached hydrogens (primary N) is 1. The van der Waals surface area contributed by atoms with Crippen LogP contribution in [0.5, 0.6) is 0 Å². The summed E-state index contributed by atoms with van der Waals surface area (Å²) in [5.74, 6) is 0.558. The number of hydrogen-bond acceptors (Lipinski definition) is 3. The predicted molar refractivity (Wildman–Crippen MR) is 83.0 cm³/mol. The van der Waals surface area contributed by atoms with Gasteiger partial charge in [0, 0.05) is 10.9 Å². The van der Waals surface area contributed by atoms with Crippen molar-refractivity contribution >= 4 is 27.5 Å². The zero-order valence-corrected chi connectivity index (χ0v) is 12.6. The number of benzene rings is 1. The van der Waals surface area contributed by atoms with Gasteiger partial charge in [-0.3, -0.25) is 4.21 Å². The highest BCUT2D eigenvalue weighted by Gasteiger charge is 2.30. The third-order valence-electron chi connectivity index (χ3n) is 4.31. The highest BCUT2D eigenvalue weighted by molar-refractivity contribution is 7.85.